The molecule has 20 heavy (non-hydrogen) atoms. The Morgan fingerprint density at radius 2 is 1.90 bits per heavy atom. The number of hydrogen-bond acceptors (Lipinski definition) is 5. The second-order valence-electron chi connectivity index (χ2n) is 4.21. The lowest BCUT2D eigenvalue weighted by Gasteiger charge is -2.20. The molecule has 0 spiro atoms. The van der Waals surface area contributed by atoms with E-state index in [9.17, 15) is 0 Å². The molecular weight excluding hydrogens is 254 g/mol. The first-order valence-electron chi connectivity index (χ1n) is 6.52. The van der Waals surface area contributed by atoms with Crippen molar-refractivity contribution in [1.82, 2.24) is 15.3 Å². The van der Waals surface area contributed by atoms with Crippen LogP contribution in [-0.2, 0) is 0 Å². The lowest BCUT2D eigenvalue weighted by Crippen LogP contribution is -2.24. The molecule has 1 aromatic carbocycles. The molecule has 0 aliphatic rings. The summed E-state index contributed by atoms with van der Waals surface area (Å²) in [4.78, 5) is 8.67. The molecule has 106 valence electrons. The molecule has 1 unspecified atom stereocenters. The molecule has 2 aromatic rings. The van der Waals surface area contributed by atoms with Crippen LogP contribution in [0.15, 0.2) is 36.7 Å². The Hall–Kier alpha value is -2.14. The zero-order valence-corrected chi connectivity index (χ0v) is 12.0. The normalized spacial score (nSPS) is 11.9. The maximum Gasteiger partial charge on any atom is 0.149 e. The third-order valence-electron chi connectivity index (χ3n) is 3.00. The standard InChI is InChI=1S/C15H19N3O2/c1-4-16-14(15-17-8-5-9-18-15)12-10-11(19-2)6-7-13(12)20-3/h5-10,14,16H,4H2,1-3H3. The first-order valence-corrected chi connectivity index (χ1v) is 6.52. The summed E-state index contributed by atoms with van der Waals surface area (Å²) in [6.45, 7) is 2.84. The Morgan fingerprint density at radius 3 is 2.50 bits per heavy atom. The Kier molecular flexibility index (Phi) is 4.90. The SMILES string of the molecule is CCNC(c1ncccn1)c1cc(OC)ccc1OC. The highest BCUT2D eigenvalue weighted by Crippen LogP contribution is 2.31. The molecule has 0 bridgehead atoms. The third-order valence-corrected chi connectivity index (χ3v) is 3.00. The minimum Gasteiger partial charge on any atom is -0.497 e. The van der Waals surface area contributed by atoms with E-state index < -0.39 is 0 Å². The smallest absolute Gasteiger partial charge is 0.149 e. The van der Waals surface area contributed by atoms with E-state index >= 15 is 0 Å². The fourth-order valence-corrected chi connectivity index (χ4v) is 2.07. The Balaban J connectivity index is 2.48. The van der Waals surface area contributed by atoms with Crippen molar-refractivity contribution >= 4 is 0 Å². The van der Waals surface area contributed by atoms with Crippen molar-refractivity contribution in [3.63, 3.8) is 0 Å². The number of aromatic nitrogens is 2. The van der Waals surface area contributed by atoms with Crippen LogP contribution in [0.5, 0.6) is 11.5 Å². The van der Waals surface area contributed by atoms with Crippen LogP contribution in [-0.4, -0.2) is 30.7 Å². The van der Waals surface area contributed by atoms with E-state index in [0.29, 0.717) is 5.82 Å². The third kappa shape index (κ3) is 3.05. The molecule has 0 amide bonds. The highest BCUT2D eigenvalue weighted by Gasteiger charge is 2.20. The summed E-state index contributed by atoms with van der Waals surface area (Å²) in [6, 6.07) is 7.38. The zero-order chi connectivity index (χ0) is 14.4. The van der Waals surface area contributed by atoms with E-state index in [1.165, 1.54) is 0 Å². The van der Waals surface area contributed by atoms with Gasteiger partial charge in [0.25, 0.3) is 0 Å². The van der Waals surface area contributed by atoms with Crippen LogP contribution >= 0.6 is 0 Å². The number of nitrogens with zero attached hydrogens (tertiary/aromatic N) is 2. The number of rotatable bonds is 6. The van der Waals surface area contributed by atoms with Crippen molar-refractivity contribution in [1.29, 1.82) is 0 Å². The monoisotopic (exact) mass is 273 g/mol. The van der Waals surface area contributed by atoms with Gasteiger partial charge in [0.15, 0.2) is 0 Å². The average molecular weight is 273 g/mol. The minimum atomic E-state index is -0.133. The van der Waals surface area contributed by atoms with Crippen molar-refractivity contribution in [2.24, 2.45) is 0 Å². The summed E-state index contributed by atoms with van der Waals surface area (Å²) in [5, 5.41) is 3.38. The quantitative estimate of drug-likeness (QED) is 0.874. The van der Waals surface area contributed by atoms with E-state index in [2.05, 4.69) is 15.3 Å². The second-order valence-corrected chi connectivity index (χ2v) is 4.21. The fourth-order valence-electron chi connectivity index (χ4n) is 2.07. The van der Waals surface area contributed by atoms with Gasteiger partial charge in [-0.3, -0.25) is 0 Å². The van der Waals surface area contributed by atoms with Gasteiger partial charge in [0.05, 0.1) is 20.3 Å². The molecule has 2 rings (SSSR count). The summed E-state index contributed by atoms with van der Waals surface area (Å²) < 4.78 is 10.7. The largest absolute Gasteiger partial charge is 0.497 e. The maximum absolute atomic E-state index is 5.44. The van der Waals surface area contributed by atoms with Gasteiger partial charge in [0.1, 0.15) is 17.3 Å². The maximum atomic E-state index is 5.44. The molecule has 1 atom stereocenters. The van der Waals surface area contributed by atoms with Crippen molar-refractivity contribution in [3.8, 4) is 11.5 Å². The fraction of sp³-hybridized carbons (Fsp3) is 0.333. The minimum absolute atomic E-state index is 0.133. The molecule has 5 nitrogen and oxygen atoms in total. The van der Waals surface area contributed by atoms with E-state index in [-0.39, 0.29) is 6.04 Å². The summed E-state index contributed by atoms with van der Waals surface area (Å²) in [7, 11) is 3.30. The number of nitrogens with one attached hydrogen (secondary N) is 1. The van der Waals surface area contributed by atoms with Gasteiger partial charge in [-0.2, -0.15) is 0 Å². The Morgan fingerprint density at radius 1 is 1.15 bits per heavy atom. The molecule has 0 saturated carbocycles. The van der Waals surface area contributed by atoms with Gasteiger partial charge >= 0.3 is 0 Å². The second kappa shape index (κ2) is 6.86. The van der Waals surface area contributed by atoms with Crippen LogP contribution in [0.25, 0.3) is 0 Å². The first-order chi connectivity index (χ1) is 9.80. The highest BCUT2D eigenvalue weighted by molar-refractivity contribution is 5.44. The van der Waals surface area contributed by atoms with Gasteiger partial charge in [-0.1, -0.05) is 6.92 Å². The van der Waals surface area contributed by atoms with Gasteiger partial charge in [0.2, 0.25) is 0 Å². The average Bonchev–Trinajstić information content (AvgIpc) is 2.53. The molecule has 0 saturated heterocycles. The van der Waals surface area contributed by atoms with E-state index in [1.54, 1.807) is 32.7 Å². The molecule has 1 N–H and O–H groups in total. The highest BCUT2D eigenvalue weighted by atomic mass is 16.5. The summed E-state index contributed by atoms with van der Waals surface area (Å²) in [5.74, 6) is 2.27. The lowest BCUT2D eigenvalue weighted by molar-refractivity contribution is 0.393. The number of hydrogen-bond donors (Lipinski definition) is 1. The van der Waals surface area contributed by atoms with Crippen LogP contribution in [0.2, 0.25) is 0 Å². The van der Waals surface area contributed by atoms with E-state index in [4.69, 9.17) is 9.47 Å². The van der Waals surface area contributed by atoms with Crippen molar-refractivity contribution in [3.05, 3.63) is 48.0 Å². The molecule has 1 heterocycles. The van der Waals surface area contributed by atoms with Gasteiger partial charge in [-0.05, 0) is 30.8 Å². The van der Waals surface area contributed by atoms with Crippen LogP contribution in [0.4, 0.5) is 0 Å². The van der Waals surface area contributed by atoms with Crippen LogP contribution in [0.3, 0.4) is 0 Å². The predicted octanol–water partition coefficient (Wildman–Crippen LogP) is 2.19. The summed E-state index contributed by atoms with van der Waals surface area (Å²) in [6.07, 6.45) is 3.47. The molecule has 0 fully saturated rings. The molecule has 0 radical (unpaired) electrons. The van der Waals surface area contributed by atoms with Crippen LogP contribution in [0, 0.1) is 0 Å². The first kappa shape index (κ1) is 14.3. The summed E-state index contributed by atoms with van der Waals surface area (Å²) in [5.41, 5.74) is 0.958. The zero-order valence-electron chi connectivity index (χ0n) is 12.0. The van der Waals surface area contributed by atoms with Crippen molar-refractivity contribution < 1.29 is 9.47 Å². The van der Waals surface area contributed by atoms with E-state index in [0.717, 1.165) is 23.6 Å². The molecule has 0 aliphatic heterocycles. The number of ether oxygens (including phenoxy) is 2. The predicted molar refractivity (Wildman–Crippen MR) is 77.1 cm³/mol. The number of methoxy groups -OCH3 is 2. The molecule has 1 aromatic heterocycles. The van der Waals surface area contributed by atoms with Gasteiger partial charge in [-0.25, -0.2) is 9.97 Å². The van der Waals surface area contributed by atoms with Crippen molar-refractivity contribution in [2.45, 2.75) is 13.0 Å². The Labute approximate surface area is 119 Å². The summed E-state index contributed by atoms with van der Waals surface area (Å²) >= 11 is 0. The molecular formula is C15H19N3O2. The lowest BCUT2D eigenvalue weighted by atomic mass is 10.0. The van der Waals surface area contributed by atoms with Crippen LogP contribution < -0.4 is 14.8 Å². The van der Waals surface area contributed by atoms with Gasteiger partial charge in [0, 0.05) is 18.0 Å². The molecule has 0 aliphatic carbocycles. The topological polar surface area (TPSA) is 56.3 Å². The number of benzene rings is 1. The Bertz CT molecular complexity index is 546. The molecule has 5 heteroatoms. The van der Waals surface area contributed by atoms with E-state index in [1.807, 2.05) is 25.1 Å². The van der Waals surface area contributed by atoms with Gasteiger partial charge < -0.3 is 14.8 Å². The van der Waals surface area contributed by atoms with Gasteiger partial charge in [-0.15, -0.1) is 0 Å². The van der Waals surface area contributed by atoms with Crippen LogP contribution in [0.1, 0.15) is 24.4 Å². The van der Waals surface area contributed by atoms with Crippen molar-refractivity contribution in [2.75, 3.05) is 20.8 Å².